The molecule has 4 heterocycles. The number of anilines is 3. The summed E-state index contributed by atoms with van der Waals surface area (Å²) in [6, 6.07) is 14.2. The summed E-state index contributed by atoms with van der Waals surface area (Å²) in [6.07, 6.45) is 7.54. The van der Waals surface area contributed by atoms with Crippen molar-refractivity contribution in [2.45, 2.75) is 18.9 Å². The lowest BCUT2D eigenvalue weighted by molar-refractivity contribution is 0.418. The smallest absolute Gasteiger partial charge is 0.162 e. The van der Waals surface area contributed by atoms with Gasteiger partial charge in [-0.25, -0.2) is 15.0 Å². The van der Waals surface area contributed by atoms with Gasteiger partial charge < -0.3 is 20.7 Å². The highest BCUT2D eigenvalue weighted by molar-refractivity contribution is 5.95. The maximum Gasteiger partial charge on any atom is 0.162 e. The van der Waals surface area contributed by atoms with Crippen LogP contribution < -0.4 is 20.7 Å². The van der Waals surface area contributed by atoms with E-state index in [9.17, 15) is 0 Å². The van der Waals surface area contributed by atoms with Gasteiger partial charge in [0, 0.05) is 30.0 Å². The molecule has 3 aromatic heterocycles. The highest BCUT2D eigenvalue weighted by Gasteiger charge is 2.18. The van der Waals surface area contributed by atoms with Crippen LogP contribution in [-0.4, -0.2) is 46.2 Å². The number of aromatic nitrogens is 4. The van der Waals surface area contributed by atoms with Crippen LogP contribution in [0.2, 0.25) is 0 Å². The zero-order valence-electron chi connectivity index (χ0n) is 17.9. The Balaban J connectivity index is 1.51. The Hall–Kier alpha value is -3.78. The predicted octanol–water partition coefficient (Wildman–Crippen LogP) is 4.00. The van der Waals surface area contributed by atoms with Gasteiger partial charge in [-0.15, -0.1) is 0 Å². The molecule has 0 spiro atoms. The minimum absolute atomic E-state index is 0.430. The van der Waals surface area contributed by atoms with E-state index in [2.05, 4.69) is 25.9 Å². The van der Waals surface area contributed by atoms with Gasteiger partial charge in [-0.1, -0.05) is 18.2 Å². The molecule has 0 radical (unpaired) electrons. The Bertz CT molecular complexity index is 1210. The van der Waals surface area contributed by atoms with Crippen molar-refractivity contribution in [2.75, 3.05) is 30.8 Å². The van der Waals surface area contributed by atoms with Crippen molar-refractivity contribution in [3.63, 3.8) is 0 Å². The molecule has 1 aromatic carbocycles. The van der Waals surface area contributed by atoms with E-state index < -0.39 is 0 Å². The summed E-state index contributed by atoms with van der Waals surface area (Å²) >= 11 is 0. The van der Waals surface area contributed by atoms with Crippen LogP contribution >= 0.6 is 0 Å². The highest BCUT2D eigenvalue weighted by atomic mass is 16.5. The highest BCUT2D eigenvalue weighted by Crippen LogP contribution is 2.32. The third-order valence-corrected chi connectivity index (χ3v) is 5.53. The molecule has 3 N–H and O–H groups in total. The first kappa shape index (κ1) is 20.1. The minimum Gasteiger partial charge on any atom is -0.494 e. The van der Waals surface area contributed by atoms with Crippen molar-refractivity contribution in [3.8, 4) is 17.1 Å². The molecule has 1 aliphatic heterocycles. The second-order valence-corrected chi connectivity index (χ2v) is 7.73. The Morgan fingerprint density at radius 1 is 1.12 bits per heavy atom. The number of hydrogen-bond acceptors (Lipinski definition) is 8. The summed E-state index contributed by atoms with van der Waals surface area (Å²) in [6.45, 7) is 1.84. The zero-order chi connectivity index (χ0) is 21.8. The quantitative estimate of drug-likeness (QED) is 0.407. The van der Waals surface area contributed by atoms with Crippen LogP contribution in [-0.2, 0) is 0 Å². The molecule has 0 bridgehead atoms. The number of para-hydroxylation sites is 1. The third-order valence-electron chi connectivity index (χ3n) is 5.53. The topological polar surface area (TPSA) is 96.9 Å². The normalized spacial score (nSPS) is 15.6. The van der Waals surface area contributed by atoms with Crippen LogP contribution in [0, 0.1) is 0 Å². The number of hydrogen-bond donors (Lipinski definition) is 3. The van der Waals surface area contributed by atoms with Crippen LogP contribution in [0.5, 0.6) is 5.75 Å². The molecule has 1 saturated heterocycles. The largest absolute Gasteiger partial charge is 0.494 e. The molecular weight excluding hydrogens is 402 g/mol. The van der Waals surface area contributed by atoms with E-state index >= 15 is 0 Å². The SMILES string of the molecule is COc1cncc2nc(-c3ccnc(Nc4ccccc4)c3)nc(NC[C@H]3CCCN3)c12. The Labute approximate surface area is 186 Å². The fraction of sp³-hybridized carbons (Fsp3) is 0.250. The molecular formula is C24H25N7O. The number of nitrogens with zero attached hydrogens (tertiary/aromatic N) is 4. The van der Waals surface area contributed by atoms with Crippen LogP contribution in [0.4, 0.5) is 17.3 Å². The van der Waals surface area contributed by atoms with E-state index in [1.165, 1.54) is 6.42 Å². The third kappa shape index (κ3) is 4.31. The fourth-order valence-electron chi connectivity index (χ4n) is 3.92. The van der Waals surface area contributed by atoms with Gasteiger partial charge in [0.05, 0.1) is 30.4 Å². The minimum atomic E-state index is 0.430. The van der Waals surface area contributed by atoms with Gasteiger partial charge in [0.1, 0.15) is 17.4 Å². The van der Waals surface area contributed by atoms with E-state index in [-0.39, 0.29) is 0 Å². The van der Waals surface area contributed by atoms with Crippen molar-refractivity contribution < 1.29 is 4.74 Å². The summed E-state index contributed by atoms with van der Waals surface area (Å²) < 4.78 is 5.55. The van der Waals surface area contributed by atoms with Gasteiger partial charge in [-0.2, -0.15) is 0 Å². The van der Waals surface area contributed by atoms with Crippen molar-refractivity contribution in [1.82, 2.24) is 25.3 Å². The molecule has 1 aliphatic rings. The summed E-state index contributed by atoms with van der Waals surface area (Å²) in [4.78, 5) is 18.4. The molecule has 8 nitrogen and oxygen atoms in total. The maximum absolute atomic E-state index is 5.55. The number of ether oxygens (including phenoxy) is 1. The van der Waals surface area contributed by atoms with Gasteiger partial charge >= 0.3 is 0 Å². The number of nitrogens with one attached hydrogen (secondary N) is 3. The number of rotatable bonds is 7. The second kappa shape index (κ2) is 9.15. The van der Waals surface area contributed by atoms with Crippen molar-refractivity contribution in [2.24, 2.45) is 0 Å². The number of pyridine rings is 2. The molecule has 1 fully saturated rings. The van der Waals surface area contributed by atoms with Crippen molar-refractivity contribution >= 4 is 28.2 Å². The fourth-order valence-corrected chi connectivity index (χ4v) is 3.92. The number of benzene rings is 1. The lowest BCUT2D eigenvalue weighted by Crippen LogP contribution is -2.29. The van der Waals surface area contributed by atoms with Crippen molar-refractivity contribution in [3.05, 3.63) is 61.1 Å². The van der Waals surface area contributed by atoms with E-state index in [4.69, 9.17) is 14.7 Å². The van der Waals surface area contributed by atoms with Crippen LogP contribution in [0.25, 0.3) is 22.3 Å². The number of methoxy groups -OCH3 is 1. The molecule has 8 heteroatoms. The van der Waals surface area contributed by atoms with Gasteiger partial charge in [0.2, 0.25) is 0 Å². The summed E-state index contributed by atoms with van der Waals surface area (Å²) in [7, 11) is 1.64. The molecule has 162 valence electrons. The molecule has 5 rings (SSSR count). The zero-order valence-corrected chi connectivity index (χ0v) is 17.9. The van der Waals surface area contributed by atoms with Gasteiger partial charge in [0.25, 0.3) is 0 Å². The molecule has 0 amide bonds. The first-order chi connectivity index (χ1) is 15.8. The van der Waals surface area contributed by atoms with Gasteiger partial charge in [0.15, 0.2) is 5.82 Å². The van der Waals surface area contributed by atoms with E-state index in [1.54, 1.807) is 25.7 Å². The van der Waals surface area contributed by atoms with Crippen LogP contribution in [0.3, 0.4) is 0 Å². The summed E-state index contributed by atoms with van der Waals surface area (Å²) in [5.74, 6) is 2.73. The lowest BCUT2D eigenvalue weighted by atomic mass is 10.2. The molecule has 0 aliphatic carbocycles. The maximum atomic E-state index is 5.55. The Morgan fingerprint density at radius 2 is 2.03 bits per heavy atom. The average Bonchev–Trinajstić information content (AvgIpc) is 3.36. The molecule has 1 atom stereocenters. The number of fused-ring (bicyclic) bond motifs is 1. The van der Waals surface area contributed by atoms with E-state index in [1.807, 2.05) is 42.5 Å². The van der Waals surface area contributed by atoms with E-state index in [0.717, 1.165) is 53.3 Å². The van der Waals surface area contributed by atoms with E-state index in [0.29, 0.717) is 17.6 Å². The first-order valence-electron chi connectivity index (χ1n) is 10.8. The monoisotopic (exact) mass is 427 g/mol. The molecule has 0 saturated carbocycles. The van der Waals surface area contributed by atoms with Crippen molar-refractivity contribution in [1.29, 1.82) is 0 Å². The summed E-state index contributed by atoms with van der Waals surface area (Å²) in [5.41, 5.74) is 2.56. The molecule has 32 heavy (non-hydrogen) atoms. The summed E-state index contributed by atoms with van der Waals surface area (Å²) in [5, 5.41) is 11.2. The van der Waals surface area contributed by atoms with Gasteiger partial charge in [-0.05, 0) is 43.7 Å². The standard InChI is InChI=1S/C24H25N7O/c1-32-20-15-25-14-19-22(20)24(28-13-18-8-5-10-26-18)31-23(30-19)16-9-11-27-21(12-16)29-17-6-3-2-4-7-17/h2-4,6-7,9,11-12,14-15,18,26H,5,8,10,13H2,1H3,(H,27,29)(H,28,30,31)/t18-/m1/s1. The van der Waals surface area contributed by atoms with Crippen LogP contribution in [0.15, 0.2) is 61.1 Å². The average molecular weight is 428 g/mol. The van der Waals surface area contributed by atoms with Crippen LogP contribution in [0.1, 0.15) is 12.8 Å². The predicted molar refractivity (Wildman–Crippen MR) is 126 cm³/mol. The first-order valence-corrected chi connectivity index (χ1v) is 10.8. The molecule has 0 unspecified atom stereocenters. The second-order valence-electron chi connectivity index (χ2n) is 7.73. The lowest BCUT2D eigenvalue weighted by Gasteiger charge is -2.16. The molecule has 4 aromatic rings. The Kier molecular flexibility index (Phi) is 5.76. The Morgan fingerprint density at radius 3 is 2.84 bits per heavy atom. The van der Waals surface area contributed by atoms with Gasteiger partial charge in [-0.3, -0.25) is 4.98 Å².